The standard InChI is InChI=1S/C66H104O6/c1-4-7-10-13-16-19-22-25-27-28-29-30-31-32-33-34-35-36-37-38-39-42-44-47-50-53-56-59-65(68)71-62-63(61-70-64(67)58-55-52-49-46-43-40-24-21-18-15-12-9-6-3)72-66(69)60-57-54-51-48-45-41-26-23-20-17-14-11-8-5-2/h7,9-10,12,16,18-19,21,23,25-27,29-30,32-33,35-36,38-40,43,49,52,63H,4-6,8,11,13-15,17,20,22,24,28,31,34,37,41-42,44-48,50-51,53-62H2,1-3H3/b10-7-,12-9-,19-16-,21-18-,26-23-,27-25-,30-29-,33-32-,36-35-,39-38-,43-40-,52-49-. The summed E-state index contributed by atoms with van der Waals surface area (Å²) >= 11 is 0. The van der Waals surface area contributed by atoms with Crippen LogP contribution in [0.3, 0.4) is 0 Å². The predicted octanol–water partition coefficient (Wildman–Crippen LogP) is 19.6. The highest BCUT2D eigenvalue weighted by Gasteiger charge is 2.19. The van der Waals surface area contributed by atoms with E-state index in [1.54, 1.807) is 0 Å². The lowest BCUT2D eigenvalue weighted by Crippen LogP contribution is -2.30. The molecule has 1 unspecified atom stereocenters. The average molecular weight is 994 g/mol. The first-order chi connectivity index (χ1) is 35.5. The highest BCUT2D eigenvalue weighted by Crippen LogP contribution is 2.13. The molecule has 72 heavy (non-hydrogen) atoms. The number of rotatable bonds is 50. The van der Waals surface area contributed by atoms with E-state index in [9.17, 15) is 14.4 Å². The highest BCUT2D eigenvalue weighted by molar-refractivity contribution is 5.71. The van der Waals surface area contributed by atoms with Crippen molar-refractivity contribution in [2.24, 2.45) is 0 Å². The molecule has 0 aromatic heterocycles. The second kappa shape index (κ2) is 58.9. The second-order valence-electron chi connectivity index (χ2n) is 18.4. The van der Waals surface area contributed by atoms with E-state index in [-0.39, 0.29) is 37.5 Å². The lowest BCUT2D eigenvalue weighted by Gasteiger charge is -2.18. The van der Waals surface area contributed by atoms with Gasteiger partial charge in [-0.1, -0.05) is 231 Å². The first kappa shape index (κ1) is 67.3. The van der Waals surface area contributed by atoms with Crippen LogP contribution in [0.25, 0.3) is 0 Å². The summed E-state index contributed by atoms with van der Waals surface area (Å²) in [5.74, 6) is -1.04. The van der Waals surface area contributed by atoms with Gasteiger partial charge in [-0.15, -0.1) is 0 Å². The second-order valence-corrected chi connectivity index (χ2v) is 18.4. The van der Waals surface area contributed by atoms with Crippen LogP contribution in [-0.2, 0) is 28.6 Å². The molecule has 0 N–H and O–H groups in total. The minimum atomic E-state index is -0.825. The number of carbonyl (C=O) groups is 3. The molecule has 0 rings (SSSR count). The summed E-state index contributed by atoms with van der Waals surface area (Å²) in [6.45, 7) is 6.30. The Morgan fingerprint density at radius 1 is 0.292 bits per heavy atom. The van der Waals surface area contributed by atoms with E-state index in [1.807, 2.05) is 12.2 Å². The molecule has 0 saturated carbocycles. The largest absolute Gasteiger partial charge is 0.462 e. The molecule has 0 aliphatic heterocycles. The van der Waals surface area contributed by atoms with E-state index < -0.39 is 6.10 Å². The lowest BCUT2D eigenvalue weighted by molar-refractivity contribution is -0.166. The van der Waals surface area contributed by atoms with Gasteiger partial charge in [0.05, 0.1) is 0 Å². The van der Waals surface area contributed by atoms with E-state index in [4.69, 9.17) is 14.2 Å². The molecule has 0 heterocycles. The molecule has 0 fully saturated rings. The van der Waals surface area contributed by atoms with Crippen molar-refractivity contribution in [3.63, 3.8) is 0 Å². The summed E-state index contributed by atoms with van der Waals surface area (Å²) < 4.78 is 16.7. The van der Waals surface area contributed by atoms with Crippen molar-refractivity contribution in [3.05, 3.63) is 146 Å². The molecule has 0 bridgehead atoms. The van der Waals surface area contributed by atoms with Crippen LogP contribution in [0.2, 0.25) is 0 Å². The van der Waals surface area contributed by atoms with Gasteiger partial charge in [0, 0.05) is 19.3 Å². The molecule has 1 atom stereocenters. The Morgan fingerprint density at radius 2 is 0.569 bits per heavy atom. The summed E-state index contributed by atoms with van der Waals surface area (Å²) in [5, 5.41) is 0. The summed E-state index contributed by atoms with van der Waals surface area (Å²) in [6, 6.07) is 0. The maximum Gasteiger partial charge on any atom is 0.306 e. The van der Waals surface area contributed by atoms with Gasteiger partial charge in [0.1, 0.15) is 13.2 Å². The number of allylic oxidation sites excluding steroid dienone is 24. The van der Waals surface area contributed by atoms with Crippen LogP contribution in [0.4, 0.5) is 0 Å². The Hall–Kier alpha value is -4.71. The molecule has 0 aliphatic carbocycles. The van der Waals surface area contributed by atoms with Crippen molar-refractivity contribution in [3.8, 4) is 0 Å². The zero-order valence-electron chi connectivity index (χ0n) is 46.1. The van der Waals surface area contributed by atoms with E-state index in [0.29, 0.717) is 19.3 Å². The monoisotopic (exact) mass is 993 g/mol. The van der Waals surface area contributed by atoms with Gasteiger partial charge < -0.3 is 14.2 Å². The Labute approximate surface area is 442 Å². The van der Waals surface area contributed by atoms with Gasteiger partial charge in [-0.3, -0.25) is 14.4 Å². The fraction of sp³-hybridized carbons (Fsp3) is 0.591. The molecule has 0 aromatic rings. The van der Waals surface area contributed by atoms with E-state index in [2.05, 4.69) is 154 Å². The Balaban J connectivity index is 4.44. The van der Waals surface area contributed by atoms with Gasteiger partial charge in [0.25, 0.3) is 0 Å². The van der Waals surface area contributed by atoms with Crippen molar-refractivity contribution in [2.75, 3.05) is 13.2 Å². The van der Waals surface area contributed by atoms with Crippen LogP contribution in [0.5, 0.6) is 0 Å². The van der Waals surface area contributed by atoms with Crippen LogP contribution >= 0.6 is 0 Å². The first-order valence-corrected chi connectivity index (χ1v) is 28.8. The van der Waals surface area contributed by atoms with Gasteiger partial charge in [0.15, 0.2) is 6.10 Å². The van der Waals surface area contributed by atoms with Gasteiger partial charge in [-0.2, -0.15) is 0 Å². The van der Waals surface area contributed by atoms with Crippen LogP contribution in [-0.4, -0.2) is 37.2 Å². The Kier molecular flexibility index (Phi) is 55.0. The zero-order valence-corrected chi connectivity index (χ0v) is 46.1. The van der Waals surface area contributed by atoms with Gasteiger partial charge >= 0.3 is 17.9 Å². The van der Waals surface area contributed by atoms with Crippen LogP contribution in [0, 0.1) is 0 Å². The van der Waals surface area contributed by atoms with E-state index in [0.717, 1.165) is 141 Å². The third-order valence-electron chi connectivity index (χ3n) is 11.6. The average Bonchev–Trinajstić information content (AvgIpc) is 3.38. The molecular formula is C66H104O6. The summed E-state index contributed by atoms with van der Waals surface area (Å²) in [7, 11) is 0. The number of esters is 3. The van der Waals surface area contributed by atoms with Gasteiger partial charge in [-0.05, 0) is 128 Å². The molecule has 0 aromatic carbocycles. The van der Waals surface area contributed by atoms with Crippen molar-refractivity contribution in [1.82, 2.24) is 0 Å². The lowest BCUT2D eigenvalue weighted by atomic mass is 10.1. The molecular weight excluding hydrogens is 889 g/mol. The number of carbonyl (C=O) groups excluding carboxylic acids is 3. The summed E-state index contributed by atoms with van der Waals surface area (Å²) in [4.78, 5) is 38.1. The topological polar surface area (TPSA) is 78.9 Å². The molecule has 0 saturated heterocycles. The molecule has 0 amide bonds. The fourth-order valence-corrected chi connectivity index (χ4v) is 7.31. The summed E-state index contributed by atoms with van der Waals surface area (Å²) in [6.07, 6.45) is 84.3. The predicted molar refractivity (Wildman–Crippen MR) is 311 cm³/mol. The smallest absolute Gasteiger partial charge is 0.306 e. The van der Waals surface area contributed by atoms with Crippen molar-refractivity contribution < 1.29 is 28.6 Å². The van der Waals surface area contributed by atoms with Crippen molar-refractivity contribution in [1.29, 1.82) is 0 Å². The van der Waals surface area contributed by atoms with Gasteiger partial charge in [-0.25, -0.2) is 0 Å². The normalized spacial score (nSPS) is 13.2. The number of hydrogen-bond acceptors (Lipinski definition) is 6. The minimum Gasteiger partial charge on any atom is -0.462 e. The van der Waals surface area contributed by atoms with Crippen LogP contribution in [0.1, 0.15) is 233 Å². The van der Waals surface area contributed by atoms with E-state index in [1.165, 1.54) is 44.9 Å². The summed E-state index contributed by atoms with van der Waals surface area (Å²) in [5.41, 5.74) is 0. The third kappa shape index (κ3) is 56.2. The molecule has 6 nitrogen and oxygen atoms in total. The minimum absolute atomic E-state index is 0.119. The molecule has 0 aliphatic rings. The molecule has 6 heteroatoms. The Morgan fingerprint density at radius 3 is 0.944 bits per heavy atom. The molecule has 404 valence electrons. The molecule has 0 spiro atoms. The van der Waals surface area contributed by atoms with Crippen molar-refractivity contribution >= 4 is 17.9 Å². The maximum atomic E-state index is 12.8. The fourth-order valence-electron chi connectivity index (χ4n) is 7.31. The van der Waals surface area contributed by atoms with Crippen LogP contribution < -0.4 is 0 Å². The van der Waals surface area contributed by atoms with E-state index >= 15 is 0 Å². The zero-order chi connectivity index (χ0) is 52.2. The first-order valence-electron chi connectivity index (χ1n) is 28.8. The van der Waals surface area contributed by atoms with Crippen molar-refractivity contribution in [2.45, 2.75) is 239 Å². The quantitative estimate of drug-likeness (QED) is 0.0261. The number of ether oxygens (including phenoxy) is 3. The van der Waals surface area contributed by atoms with Crippen LogP contribution in [0.15, 0.2) is 146 Å². The number of hydrogen-bond donors (Lipinski definition) is 0. The third-order valence-corrected chi connectivity index (χ3v) is 11.6. The van der Waals surface area contributed by atoms with Gasteiger partial charge in [0.2, 0.25) is 0 Å². The number of unbranched alkanes of at least 4 members (excludes halogenated alkanes) is 15. The molecule has 0 radical (unpaired) electrons. The SMILES string of the molecule is CC/C=C\C/C=C\C/C=C\C/C=C\C/C=C\C/C=C\C/C=C\CCCCCCCC(=O)OCC(COC(=O)CC/C=C\C/C=C\C/C=C\C/C=C\CC)OC(=O)CCCCCCC/C=C\CCCCCCC. The maximum absolute atomic E-state index is 12.8. The highest BCUT2D eigenvalue weighted by atomic mass is 16.6. The Bertz CT molecular complexity index is 1610.